The predicted octanol–water partition coefficient (Wildman–Crippen LogP) is 4.49. The van der Waals surface area contributed by atoms with Crippen LogP contribution in [0.5, 0.6) is 0 Å². The molecule has 0 saturated carbocycles. The van der Waals surface area contributed by atoms with Crippen LogP contribution < -0.4 is 0 Å². The van der Waals surface area contributed by atoms with E-state index in [0.29, 0.717) is 0 Å². The predicted molar refractivity (Wildman–Crippen MR) is 59.6 cm³/mol. The maximum absolute atomic E-state index is 2.20. The normalized spacial score (nSPS) is 22.2. The van der Waals surface area contributed by atoms with Crippen molar-refractivity contribution in [3.63, 3.8) is 0 Å². The van der Waals surface area contributed by atoms with Gasteiger partial charge in [0.15, 0.2) is 0 Å². The Morgan fingerprint density at radius 2 is 1.89 bits per heavy atom. The molecule has 6 heteroatoms. The summed E-state index contributed by atoms with van der Waals surface area (Å²) in [5.41, 5.74) is 0. The minimum atomic E-state index is 1.13. The Labute approximate surface area is 77.5 Å². The molecule has 1 aliphatic heterocycles. The minimum Gasteiger partial charge on any atom is -0.0775 e. The van der Waals surface area contributed by atoms with Crippen molar-refractivity contribution in [2.75, 3.05) is 5.75 Å². The van der Waals surface area contributed by atoms with Gasteiger partial charge in [0.05, 0.1) is 0 Å². The maximum atomic E-state index is 2.20. The van der Waals surface area contributed by atoms with Crippen LogP contribution in [0.1, 0.15) is 0 Å². The van der Waals surface area contributed by atoms with Crippen LogP contribution in [0.2, 0.25) is 0 Å². The lowest BCUT2D eigenvalue weighted by Crippen LogP contribution is -1.57. The molecular formula is C3H4S6. The standard InChI is InChI=1S/C3H4S6/c1-2-4-6-8-9-7-5-3-1/h1-2H,3H2. The smallest absolute Gasteiger partial charge is 0.0234 e. The monoisotopic (exact) mass is 232 g/mol. The molecule has 0 aromatic carbocycles. The molecule has 9 heavy (non-hydrogen) atoms. The van der Waals surface area contributed by atoms with Crippen LogP contribution in [-0.2, 0) is 0 Å². The average Bonchev–Trinajstić information content (AvgIpc) is 2.00. The topological polar surface area (TPSA) is 0 Å². The van der Waals surface area contributed by atoms with Crippen LogP contribution >= 0.6 is 60.9 Å². The lowest BCUT2D eigenvalue weighted by atomic mass is 10.8. The van der Waals surface area contributed by atoms with Gasteiger partial charge >= 0.3 is 0 Å². The molecule has 0 atom stereocenters. The summed E-state index contributed by atoms with van der Waals surface area (Å²) < 4.78 is 0. The van der Waals surface area contributed by atoms with Crippen molar-refractivity contribution in [1.82, 2.24) is 0 Å². The fraction of sp³-hybridized carbons (Fsp3) is 0.333. The molecule has 0 N–H and O–H groups in total. The Kier molecular flexibility index (Phi) is 6.49. The second-order valence-corrected chi connectivity index (χ2v) is 10.4. The fourth-order valence-electron chi connectivity index (χ4n) is 0.227. The minimum absolute atomic E-state index is 1.13. The summed E-state index contributed by atoms with van der Waals surface area (Å²) in [7, 11) is 11.0. The van der Waals surface area contributed by atoms with Crippen molar-refractivity contribution in [3.05, 3.63) is 11.5 Å². The Morgan fingerprint density at radius 1 is 1.00 bits per heavy atom. The van der Waals surface area contributed by atoms with E-state index in [0.717, 1.165) is 5.75 Å². The van der Waals surface area contributed by atoms with E-state index in [1.54, 1.807) is 10.8 Å². The summed E-state index contributed by atoms with van der Waals surface area (Å²) in [6.45, 7) is 0. The SMILES string of the molecule is C1=CSSSSSSC1. The van der Waals surface area contributed by atoms with Gasteiger partial charge in [0.2, 0.25) is 0 Å². The van der Waals surface area contributed by atoms with Gasteiger partial charge in [-0.3, -0.25) is 0 Å². The third kappa shape index (κ3) is 5.15. The first-order valence-electron chi connectivity index (χ1n) is 2.10. The lowest BCUT2D eigenvalue weighted by molar-refractivity contribution is 1.83. The average molecular weight is 232 g/mol. The first-order chi connectivity index (χ1) is 4.50. The van der Waals surface area contributed by atoms with Gasteiger partial charge in [0.1, 0.15) is 0 Å². The number of rotatable bonds is 0. The van der Waals surface area contributed by atoms with Crippen LogP contribution in [0.15, 0.2) is 11.5 Å². The molecule has 1 rings (SSSR count). The van der Waals surface area contributed by atoms with Crippen molar-refractivity contribution in [3.8, 4) is 0 Å². The van der Waals surface area contributed by atoms with E-state index in [1.165, 1.54) is 0 Å². The van der Waals surface area contributed by atoms with Crippen molar-refractivity contribution >= 4 is 60.9 Å². The van der Waals surface area contributed by atoms with E-state index in [2.05, 4.69) is 11.5 Å². The Hall–Kier alpha value is 1.84. The third-order valence-corrected chi connectivity index (χ3v) is 10.8. The molecule has 0 nitrogen and oxygen atoms in total. The van der Waals surface area contributed by atoms with Crippen LogP contribution in [0, 0.1) is 0 Å². The molecule has 52 valence electrons. The molecule has 0 bridgehead atoms. The van der Waals surface area contributed by atoms with E-state index in [9.17, 15) is 0 Å². The Bertz CT molecular complexity index is 80.3. The lowest BCUT2D eigenvalue weighted by Gasteiger charge is -1.90. The molecule has 0 aromatic heterocycles. The zero-order valence-electron chi connectivity index (χ0n) is 4.31. The first kappa shape index (κ1) is 8.93. The summed E-state index contributed by atoms with van der Waals surface area (Å²) in [6.07, 6.45) is 2.20. The van der Waals surface area contributed by atoms with Crippen molar-refractivity contribution in [1.29, 1.82) is 0 Å². The highest BCUT2D eigenvalue weighted by Crippen LogP contribution is 2.53. The maximum Gasteiger partial charge on any atom is 0.0234 e. The van der Waals surface area contributed by atoms with Crippen molar-refractivity contribution < 1.29 is 0 Å². The van der Waals surface area contributed by atoms with Gasteiger partial charge in [-0.15, -0.1) is 0 Å². The second kappa shape index (κ2) is 6.54. The van der Waals surface area contributed by atoms with Crippen LogP contribution in [-0.4, -0.2) is 5.75 Å². The molecule has 0 saturated heterocycles. The highest BCUT2D eigenvalue weighted by atomic mass is 33.9. The van der Waals surface area contributed by atoms with E-state index in [1.807, 2.05) is 50.1 Å². The largest absolute Gasteiger partial charge is 0.0775 e. The fourth-order valence-corrected chi connectivity index (χ4v) is 10.8. The molecule has 1 heterocycles. The van der Waals surface area contributed by atoms with E-state index in [-0.39, 0.29) is 0 Å². The molecule has 0 spiro atoms. The van der Waals surface area contributed by atoms with E-state index >= 15 is 0 Å². The zero-order chi connectivity index (χ0) is 6.36. The van der Waals surface area contributed by atoms with Gasteiger partial charge in [-0.25, -0.2) is 0 Å². The van der Waals surface area contributed by atoms with Gasteiger partial charge in [-0.1, -0.05) is 27.7 Å². The number of hydrogen-bond donors (Lipinski definition) is 0. The van der Waals surface area contributed by atoms with E-state index in [4.69, 9.17) is 0 Å². The summed E-state index contributed by atoms with van der Waals surface area (Å²) in [4.78, 5) is 0. The van der Waals surface area contributed by atoms with E-state index < -0.39 is 0 Å². The van der Waals surface area contributed by atoms with Gasteiger partial charge in [-0.05, 0) is 44.7 Å². The Balaban J connectivity index is 2.15. The first-order valence-corrected chi connectivity index (χ1v) is 9.81. The van der Waals surface area contributed by atoms with Gasteiger partial charge in [0, 0.05) is 5.75 Å². The third-order valence-electron chi connectivity index (χ3n) is 0.487. The van der Waals surface area contributed by atoms with Crippen molar-refractivity contribution in [2.24, 2.45) is 0 Å². The molecular weight excluding hydrogens is 228 g/mol. The quantitative estimate of drug-likeness (QED) is 0.560. The summed E-state index contributed by atoms with van der Waals surface area (Å²) in [5, 5.41) is 2.15. The highest BCUT2D eigenvalue weighted by molar-refractivity contribution is 9.42. The summed E-state index contributed by atoms with van der Waals surface area (Å²) >= 11 is 0. The molecule has 0 unspecified atom stereocenters. The van der Waals surface area contributed by atoms with Crippen LogP contribution in [0.25, 0.3) is 0 Å². The van der Waals surface area contributed by atoms with Crippen molar-refractivity contribution in [2.45, 2.75) is 0 Å². The molecule has 0 radical (unpaired) electrons. The van der Waals surface area contributed by atoms with Gasteiger partial charge in [0.25, 0.3) is 0 Å². The second-order valence-electron chi connectivity index (χ2n) is 1.02. The summed E-state index contributed by atoms with van der Waals surface area (Å²) in [5.74, 6) is 1.13. The molecule has 0 fully saturated rings. The zero-order valence-corrected chi connectivity index (χ0v) is 9.21. The molecule has 0 amide bonds. The van der Waals surface area contributed by atoms with Crippen LogP contribution in [0.3, 0.4) is 0 Å². The van der Waals surface area contributed by atoms with Crippen LogP contribution in [0.4, 0.5) is 0 Å². The van der Waals surface area contributed by atoms with Gasteiger partial charge in [-0.2, -0.15) is 0 Å². The summed E-state index contributed by atoms with van der Waals surface area (Å²) in [6, 6.07) is 0. The van der Waals surface area contributed by atoms with Gasteiger partial charge < -0.3 is 0 Å². The molecule has 1 aliphatic rings. The molecule has 0 aliphatic carbocycles. The molecule has 0 aromatic rings. The Morgan fingerprint density at radius 3 is 2.89 bits per heavy atom. The highest BCUT2D eigenvalue weighted by Gasteiger charge is 1.94. The number of hydrogen-bond acceptors (Lipinski definition) is 6.